The highest BCUT2D eigenvalue weighted by Crippen LogP contribution is 2.42. The highest BCUT2D eigenvalue weighted by atomic mass is 16.3. The fourth-order valence-electron chi connectivity index (χ4n) is 3.60. The van der Waals surface area contributed by atoms with Gasteiger partial charge in [0.25, 0.3) is 0 Å². The Balaban J connectivity index is 1.78. The van der Waals surface area contributed by atoms with Crippen LogP contribution in [0.1, 0.15) is 71.5 Å². The Labute approximate surface area is 145 Å². The van der Waals surface area contributed by atoms with Crippen molar-refractivity contribution in [2.75, 3.05) is 6.61 Å². The van der Waals surface area contributed by atoms with E-state index in [0.717, 1.165) is 37.8 Å². The molecule has 0 unspecified atom stereocenters. The SMILES string of the molecule is CC(C)n1cc(CNC(=O)C2CCC(C(C)(C)CCO)CC2)nn1. The number of carbonyl (C=O) groups excluding carboxylic acids is 1. The third kappa shape index (κ3) is 4.79. The predicted octanol–water partition coefficient (Wildman–Crippen LogP) is 2.69. The molecule has 0 saturated heterocycles. The Kier molecular flexibility index (Phi) is 6.38. The number of rotatable bonds is 7. The summed E-state index contributed by atoms with van der Waals surface area (Å²) in [6.45, 7) is 9.24. The molecule has 2 rings (SSSR count). The molecule has 0 bridgehead atoms. The molecule has 0 atom stereocenters. The molecule has 1 amide bonds. The van der Waals surface area contributed by atoms with E-state index < -0.39 is 0 Å². The number of carbonyl (C=O) groups is 1. The fourth-order valence-corrected chi connectivity index (χ4v) is 3.60. The van der Waals surface area contributed by atoms with Crippen molar-refractivity contribution < 1.29 is 9.90 Å². The molecule has 1 aromatic rings. The average Bonchev–Trinajstić information content (AvgIpc) is 3.02. The van der Waals surface area contributed by atoms with Crippen LogP contribution in [-0.4, -0.2) is 32.6 Å². The molecule has 6 heteroatoms. The third-order valence-electron chi connectivity index (χ3n) is 5.49. The number of aliphatic hydroxyl groups is 1. The zero-order chi connectivity index (χ0) is 17.7. The van der Waals surface area contributed by atoms with Crippen LogP contribution in [0, 0.1) is 17.3 Å². The Morgan fingerprint density at radius 1 is 1.38 bits per heavy atom. The van der Waals surface area contributed by atoms with Crippen LogP contribution < -0.4 is 5.32 Å². The van der Waals surface area contributed by atoms with Crippen LogP contribution in [0.4, 0.5) is 0 Å². The summed E-state index contributed by atoms with van der Waals surface area (Å²) < 4.78 is 1.80. The second-order valence-electron chi connectivity index (χ2n) is 8.01. The molecular formula is C18H32N4O2. The van der Waals surface area contributed by atoms with Crippen LogP contribution in [0.2, 0.25) is 0 Å². The summed E-state index contributed by atoms with van der Waals surface area (Å²) in [5, 5.41) is 20.4. The van der Waals surface area contributed by atoms with E-state index in [2.05, 4.69) is 29.5 Å². The molecule has 1 aromatic heterocycles. The van der Waals surface area contributed by atoms with Gasteiger partial charge in [-0.15, -0.1) is 5.10 Å². The Hall–Kier alpha value is -1.43. The van der Waals surface area contributed by atoms with Gasteiger partial charge in [0.1, 0.15) is 5.69 Å². The monoisotopic (exact) mass is 336 g/mol. The largest absolute Gasteiger partial charge is 0.396 e. The van der Waals surface area contributed by atoms with Gasteiger partial charge in [0.15, 0.2) is 0 Å². The third-order valence-corrected chi connectivity index (χ3v) is 5.49. The van der Waals surface area contributed by atoms with Crippen molar-refractivity contribution in [3.8, 4) is 0 Å². The van der Waals surface area contributed by atoms with Gasteiger partial charge < -0.3 is 10.4 Å². The van der Waals surface area contributed by atoms with E-state index in [1.54, 1.807) is 4.68 Å². The molecule has 24 heavy (non-hydrogen) atoms. The van der Waals surface area contributed by atoms with Gasteiger partial charge in [-0.05, 0) is 57.3 Å². The van der Waals surface area contributed by atoms with Crippen molar-refractivity contribution in [3.63, 3.8) is 0 Å². The molecule has 2 N–H and O–H groups in total. The lowest BCUT2D eigenvalue weighted by atomic mass is 9.67. The number of amides is 1. The maximum absolute atomic E-state index is 12.4. The van der Waals surface area contributed by atoms with Gasteiger partial charge in [0, 0.05) is 18.6 Å². The standard InChI is InChI=1S/C18H32N4O2/c1-13(2)22-12-16(20-21-22)11-19-17(24)14-5-7-15(8-6-14)18(3,4)9-10-23/h12-15,23H,5-11H2,1-4H3,(H,19,24). The summed E-state index contributed by atoms with van der Waals surface area (Å²) in [7, 11) is 0. The molecule has 1 aliphatic rings. The van der Waals surface area contributed by atoms with E-state index in [1.165, 1.54) is 0 Å². The molecule has 1 aliphatic carbocycles. The Morgan fingerprint density at radius 3 is 2.58 bits per heavy atom. The van der Waals surface area contributed by atoms with Gasteiger partial charge in [-0.1, -0.05) is 19.1 Å². The van der Waals surface area contributed by atoms with Gasteiger partial charge >= 0.3 is 0 Å². The number of aromatic nitrogens is 3. The van der Waals surface area contributed by atoms with Gasteiger partial charge in [-0.2, -0.15) is 0 Å². The molecule has 1 heterocycles. The molecule has 0 radical (unpaired) electrons. The Bertz CT molecular complexity index is 531. The predicted molar refractivity (Wildman–Crippen MR) is 93.2 cm³/mol. The summed E-state index contributed by atoms with van der Waals surface area (Å²) >= 11 is 0. The van der Waals surface area contributed by atoms with Crippen LogP contribution in [0.15, 0.2) is 6.20 Å². The normalized spacial score (nSPS) is 21.9. The second-order valence-corrected chi connectivity index (χ2v) is 8.01. The minimum absolute atomic E-state index is 0.103. The molecule has 0 aromatic carbocycles. The van der Waals surface area contributed by atoms with Crippen molar-refractivity contribution in [1.29, 1.82) is 0 Å². The first-order valence-electron chi connectivity index (χ1n) is 9.12. The molecule has 6 nitrogen and oxygen atoms in total. The zero-order valence-electron chi connectivity index (χ0n) is 15.5. The number of nitrogens with zero attached hydrogens (tertiary/aromatic N) is 3. The highest BCUT2D eigenvalue weighted by molar-refractivity contribution is 5.78. The number of hydrogen-bond acceptors (Lipinski definition) is 4. The Morgan fingerprint density at radius 2 is 2.04 bits per heavy atom. The van der Waals surface area contributed by atoms with Gasteiger partial charge in [0.05, 0.1) is 12.7 Å². The summed E-state index contributed by atoms with van der Waals surface area (Å²) in [5.41, 5.74) is 0.959. The first-order valence-corrected chi connectivity index (χ1v) is 9.12. The van der Waals surface area contributed by atoms with Crippen LogP contribution in [0.5, 0.6) is 0 Å². The van der Waals surface area contributed by atoms with Gasteiger partial charge in [0.2, 0.25) is 5.91 Å². The van der Waals surface area contributed by atoms with E-state index in [4.69, 9.17) is 0 Å². The van der Waals surface area contributed by atoms with E-state index >= 15 is 0 Å². The maximum Gasteiger partial charge on any atom is 0.223 e. The van der Waals surface area contributed by atoms with Crippen LogP contribution in [0.3, 0.4) is 0 Å². The second kappa shape index (κ2) is 8.10. The topological polar surface area (TPSA) is 80.0 Å². The smallest absolute Gasteiger partial charge is 0.223 e. The van der Waals surface area contributed by atoms with Crippen molar-refractivity contribution >= 4 is 5.91 Å². The average molecular weight is 336 g/mol. The van der Waals surface area contributed by atoms with Crippen molar-refractivity contribution in [2.24, 2.45) is 17.3 Å². The quantitative estimate of drug-likeness (QED) is 0.802. The molecule has 1 fully saturated rings. The summed E-state index contributed by atoms with van der Waals surface area (Å²) in [6, 6.07) is 0.277. The van der Waals surface area contributed by atoms with Gasteiger partial charge in [-0.25, -0.2) is 4.68 Å². The van der Waals surface area contributed by atoms with Crippen molar-refractivity contribution in [2.45, 2.75) is 72.4 Å². The van der Waals surface area contributed by atoms with Crippen LogP contribution >= 0.6 is 0 Å². The fraction of sp³-hybridized carbons (Fsp3) is 0.833. The molecule has 1 saturated carbocycles. The molecule has 0 aliphatic heterocycles. The maximum atomic E-state index is 12.4. The lowest BCUT2D eigenvalue weighted by Gasteiger charge is -2.38. The molecule has 0 spiro atoms. The summed E-state index contributed by atoms with van der Waals surface area (Å²) in [5.74, 6) is 0.832. The van der Waals surface area contributed by atoms with E-state index in [9.17, 15) is 9.90 Å². The van der Waals surface area contributed by atoms with Crippen molar-refractivity contribution in [1.82, 2.24) is 20.3 Å². The zero-order valence-corrected chi connectivity index (χ0v) is 15.5. The van der Waals surface area contributed by atoms with E-state index in [-0.39, 0.29) is 29.9 Å². The van der Waals surface area contributed by atoms with Crippen LogP contribution in [0.25, 0.3) is 0 Å². The number of hydrogen-bond donors (Lipinski definition) is 2. The van der Waals surface area contributed by atoms with Gasteiger partial charge in [-0.3, -0.25) is 4.79 Å². The summed E-state index contributed by atoms with van der Waals surface area (Å²) in [6.07, 6.45) is 6.72. The lowest BCUT2D eigenvalue weighted by molar-refractivity contribution is -0.126. The van der Waals surface area contributed by atoms with Crippen LogP contribution in [-0.2, 0) is 11.3 Å². The van der Waals surface area contributed by atoms with Crippen molar-refractivity contribution in [3.05, 3.63) is 11.9 Å². The van der Waals surface area contributed by atoms with E-state index in [1.807, 2.05) is 20.0 Å². The minimum Gasteiger partial charge on any atom is -0.396 e. The first-order chi connectivity index (χ1) is 11.3. The minimum atomic E-state index is 0.103. The molecule has 136 valence electrons. The first kappa shape index (κ1) is 18.9. The number of aliphatic hydroxyl groups excluding tert-OH is 1. The number of nitrogens with one attached hydrogen (secondary N) is 1. The lowest BCUT2D eigenvalue weighted by Crippen LogP contribution is -2.36. The molecular weight excluding hydrogens is 304 g/mol. The summed E-state index contributed by atoms with van der Waals surface area (Å²) in [4.78, 5) is 12.4. The van der Waals surface area contributed by atoms with E-state index in [0.29, 0.717) is 12.5 Å². The highest BCUT2D eigenvalue weighted by Gasteiger charge is 2.34.